The number of aromatic amines is 1. The number of nitrogens with one attached hydrogen (secondary N) is 1. The van der Waals surface area contributed by atoms with Gasteiger partial charge in [0.2, 0.25) is 5.91 Å². The Kier molecular flexibility index (Phi) is 5.46. The quantitative estimate of drug-likeness (QED) is 0.794. The van der Waals surface area contributed by atoms with Crippen molar-refractivity contribution in [3.8, 4) is 0 Å². The second kappa shape index (κ2) is 7.61. The Morgan fingerprint density at radius 3 is 2.73 bits per heavy atom. The van der Waals surface area contributed by atoms with E-state index in [0.717, 1.165) is 43.6 Å². The molecule has 142 valence electrons. The van der Waals surface area contributed by atoms with Crippen molar-refractivity contribution in [3.05, 3.63) is 44.2 Å². The van der Waals surface area contributed by atoms with Crippen molar-refractivity contribution in [2.24, 2.45) is 13.0 Å². The molecule has 7 heteroatoms. The van der Waals surface area contributed by atoms with Gasteiger partial charge in [-0.25, -0.2) is 4.79 Å². The van der Waals surface area contributed by atoms with Crippen LogP contribution in [0.15, 0.2) is 27.4 Å². The highest BCUT2D eigenvalue weighted by Gasteiger charge is 2.35. The summed E-state index contributed by atoms with van der Waals surface area (Å²) < 4.78 is 1.01. The van der Waals surface area contributed by atoms with E-state index in [1.807, 2.05) is 4.90 Å². The number of fused-ring (bicyclic) bond motifs is 4. The van der Waals surface area contributed by atoms with Gasteiger partial charge in [-0.2, -0.15) is 0 Å². The van der Waals surface area contributed by atoms with Crippen molar-refractivity contribution in [2.75, 3.05) is 26.2 Å². The zero-order valence-electron chi connectivity index (χ0n) is 15.8. The number of piperidine rings is 1. The maximum atomic E-state index is 12.8. The number of carbonyl (C=O) groups is 1. The van der Waals surface area contributed by atoms with Crippen molar-refractivity contribution in [1.29, 1.82) is 0 Å². The van der Waals surface area contributed by atoms with Gasteiger partial charge in [0, 0.05) is 51.0 Å². The Morgan fingerprint density at radius 1 is 1.23 bits per heavy atom. The molecule has 0 saturated carbocycles. The smallest absolute Gasteiger partial charge is 0.328 e. The lowest BCUT2D eigenvalue weighted by Gasteiger charge is -2.35. The summed E-state index contributed by atoms with van der Waals surface area (Å²) in [5.41, 5.74) is 0.793. The number of carbonyl (C=O) groups excluding carboxylic acids is 1. The second-order valence-corrected chi connectivity index (χ2v) is 7.79. The Balaban J connectivity index is 1.71. The molecule has 4 rings (SSSR count). The summed E-state index contributed by atoms with van der Waals surface area (Å²) in [4.78, 5) is 43.4. The highest BCUT2D eigenvalue weighted by atomic mass is 16.2. The molecule has 3 aliphatic heterocycles. The van der Waals surface area contributed by atoms with Crippen LogP contribution in [0, 0.1) is 5.92 Å². The predicted octanol–water partition coefficient (Wildman–Crippen LogP) is 0.505. The molecule has 2 atom stereocenters. The first kappa shape index (κ1) is 18.6. The minimum Gasteiger partial charge on any atom is -0.341 e. The molecule has 3 fully saturated rings. The molecule has 0 spiro atoms. The highest BCUT2D eigenvalue weighted by molar-refractivity contribution is 5.78. The number of hydrogen-bond acceptors (Lipinski definition) is 4. The van der Waals surface area contributed by atoms with E-state index in [9.17, 15) is 14.4 Å². The van der Waals surface area contributed by atoms with Crippen LogP contribution >= 0.6 is 0 Å². The molecule has 1 aromatic heterocycles. The molecule has 3 saturated heterocycles. The fourth-order valence-electron chi connectivity index (χ4n) is 3.92. The lowest BCUT2D eigenvalue weighted by molar-refractivity contribution is -0.130. The summed E-state index contributed by atoms with van der Waals surface area (Å²) >= 11 is 0. The van der Waals surface area contributed by atoms with Gasteiger partial charge in [0.1, 0.15) is 0 Å². The van der Waals surface area contributed by atoms with Crippen molar-refractivity contribution >= 4 is 5.91 Å². The molecule has 7 nitrogen and oxygen atoms in total. The van der Waals surface area contributed by atoms with Gasteiger partial charge in [-0.15, -0.1) is 0 Å². The first-order valence-corrected chi connectivity index (χ1v) is 9.28. The van der Waals surface area contributed by atoms with Gasteiger partial charge >= 0.3 is 5.69 Å². The van der Waals surface area contributed by atoms with Gasteiger partial charge in [-0.1, -0.05) is 11.6 Å². The summed E-state index contributed by atoms with van der Waals surface area (Å²) in [6.07, 6.45) is 5.93. The van der Waals surface area contributed by atoms with E-state index in [1.165, 1.54) is 18.8 Å². The molecule has 1 aromatic rings. The zero-order valence-corrected chi connectivity index (χ0v) is 15.8. The molecule has 0 aromatic carbocycles. The summed E-state index contributed by atoms with van der Waals surface area (Å²) in [7, 11) is 1.42. The molecule has 4 heterocycles. The molecular weight excluding hydrogens is 332 g/mol. The Morgan fingerprint density at radius 2 is 2.00 bits per heavy atom. The number of rotatable bonds is 4. The molecule has 3 aliphatic rings. The van der Waals surface area contributed by atoms with E-state index < -0.39 is 11.2 Å². The van der Waals surface area contributed by atoms with Crippen molar-refractivity contribution in [2.45, 2.75) is 39.2 Å². The number of H-pyrrole nitrogens is 1. The van der Waals surface area contributed by atoms with Crippen molar-refractivity contribution < 1.29 is 4.79 Å². The fourth-order valence-corrected chi connectivity index (χ4v) is 3.92. The minimum absolute atomic E-state index is 0.0323. The summed E-state index contributed by atoms with van der Waals surface area (Å²) in [5.74, 6) is 0.455. The molecule has 1 N–H and O–H groups in total. The van der Waals surface area contributed by atoms with Gasteiger partial charge in [-0.05, 0) is 32.6 Å². The predicted molar refractivity (Wildman–Crippen MR) is 100 cm³/mol. The molecule has 0 aliphatic carbocycles. The fraction of sp³-hybridized carbons (Fsp3) is 0.632. The molecular formula is C19H28N4O3. The van der Waals surface area contributed by atoms with Gasteiger partial charge in [0.15, 0.2) is 0 Å². The monoisotopic (exact) mass is 360 g/mol. The van der Waals surface area contributed by atoms with Crippen molar-refractivity contribution in [1.82, 2.24) is 19.4 Å². The first-order chi connectivity index (χ1) is 12.3. The van der Waals surface area contributed by atoms with Crippen LogP contribution in [0.1, 0.15) is 32.3 Å². The van der Waals surface area contributed by atoms with E-state index >= 15 is 0 Å². The van der Waals surface area contributed by atoms with Crippen LogP contribution in [-0.4, -0.2) is 57.5 Å². The first-order valence-electron chi connectivity index (χ1n) is 9.28. The SMILES string of the molecule is CC(C)=CCN1C[C@@H]2CC[C@H]1CN(C(=O)Cc1c[nH]c(=O)n(C)c1=O)C2. The summed E-state index contributed by atoms with van der Waals surface area (Å²) in [6.45, 7) is 7.65. The normalized spacial score (nSPS) is 23.0. The topological polar surface area (TPSA) is 78.4 Å². The van der Waals surface area contributed by atoms with Crippen LogP contribution in [0.4, 0.5) is 0 Å². The second-order valence-electron chi connectivity index (χ2n) is 7.79. The lowest BCUT2D eigenvalue weighted by Crippen LogP contribution is -2.45. The molecule has 2 bridgehead atoms. The van der Waals surface area contributed by atoms with E-state index in [-0.39, 0.29) is 12.3 Å². The van der Waals surface area contributed by atoms with Gasteiger partial charge in [-0.3, -0.25) is 19.1 Å². The molecule has 0 unspecified atom stereocenters. The third kappa shape index (κ3) is 3.98. The Bertz CT molecular complexity index is 819. The van der Waals surface area contributed by atoms with E-state index in [0.29, 0.717) is 17.5 Å². The molecule has 1 amide bonds. The van der Waals surface area contributed by atoms with Crippen LogP contribution in [0.3, 0.4) is 0 Å². The number of allylic oxidation sites excluding steroid dienone is 1. The third-order valence-corrected chi connectivity index (χ3v) is 5.51. The van der Waals surface area contributed by atoms with Crippen molar-refractivity contribution in [3.63, 3.8) is 0 Å². The number of hydrogen-bond donors (Lipinski definition) is 1. The largest absolute Gasteiger partial charge is 0.341 e. The number of nitrogens with zero attached hydrogens (tertiary/aromatic N) is 3. The average Bonchev–Trinajstić information content (AvgIpc) is 2.92. The lowest BCUT2D eigenvalue weighted by atomic mass is 9.95. The van der Waals surface area contributed by atoms with E-state index in [2.05, 4.69) is 29.8 Å². The standard InChI is InChI=1S/C19H28N4O3/c1-13(2)6-7-22-10-14-4-5-16(22)12-23(11-14)17(24)8-15-9-20-19(26)21(3)18(15)25/h6,9,14,16H,4-5,7-8,10-12H2,1-3H3,(H,20,26)/t14-,16-/m0/s1. The van der Waals surface area contributed by atoms with Crippen LogP contribution in [0.2, 0.25) is 0 Å². The highest BCUT2D eigenvalue weighted by Crippen LogP contribution is 2.28. The maximum Gasteiger partial charge on any atom is 0.328 e. The summed E-state index contributed by atoms with van der Waals surface area (Å²) in [6, 6.07) is 0.381. The maximum absolute atomic E-state index is 12.8. The number of aromatic nitrogens is 2. The Hall–Kier alpha value is -2.15. The number of amides is 1. The Labute approximate surface area is 153 Å². The zero-order chi connectivity index (χ0) is 18.8. The van der Waals surface area contributed by atoms with E-state index in [4.69, 9.17) is 0 Å². The van der Waals surface area contributed by atoms with Gasteiger partial charge in [0.05, 0.1) is 6.42 Å². The minimum atomic E-state index is -0.464. The molecule has 26 heavy (non-hydrogen) atoms. The van der Waals surface area contributed by atoms with Gasteiger partial charge in [0.25, 0.3) is 5.56 Å². The summed E-state index contributed by atoms with van der Waals surface area (Å²) in [5, 5.41) is 0. The van der Waals surface area contributed by atoms with Crippen LogP contribution in [0.25, 0.3) is 0 Å². The van der Waals surface area contributed by atoms with Crippen LogP contribution in [-0.2, 0) is 18.3 Å². The van der Waals surface area contributed by atoms with Crippen LogP contribution in [0.5, 0.6) is 0 Å². The third-order valence-electron chi connectivity index (χ3n) is 5.51. The average molecular weight is 360 g/mol. The molecule has 0 radical (unpaired) electrons. The van der Waals surface area contributed by atoms with Crippen LogP contribution < -0.4 is 11.2 Å². The van der Waals surface area contributed by atoms with E-state index in [1.54, 1.807) is 0 Å². The van der Waals surface area contributed by atoms with Gasteiger partial charge < -0.3 is 9.88 Å².